The number of amides is 1. The van der Waals surface area contributed by atoms with Gasteiger partial charge >= 0.3 is 0 Å². The Kier molecular flexibility index (Phi) is 3.85. The minimum atomic E-state index is -0.212. The zero-order chi connectivity index (χ0) is 17.2. The van der Waals surface area contributed by atoms with Crippen LogP contribution in [0.15, 0.2) is 53.3 Å². The third-order valence-electron chi connectivity index (χ3n) is 4.15. The van der Waals surface area contributed by atoms with Gasteiger partial charge in [-0.05, 0) is 42.1 Å². The summed E-state index contributed by atoms with van der Waals surface area (Å²) in [6, 6.07) is 14.5. The molecule has 6 nitrogen and oxygen atoms in total. The summed E-state index contributed by atoms with van der Waals surface area (Å²) in [6.45, 7) is 0.542. The van der Waals surface area contributed by atoms with Crippen LogP contribution in [0.2, 0.25) is 0 Å². The van der Waals surface area contributed by atoms with Crippen molar-refractivity contribution in [1.29, 1.82) is 0 Å². The summed E-state index contributed by atoms with van der Waals surface area (Å²) in [5.41, 5.74) is 1.82. The Morgan fingerprint density at radius 1 is 1.08 bits per heavy atom. The van der Waals surface area contributed by atoms with E-state index in [-0.39, 0.29) is 18.3 Å². The monoisotopic (exact) mass is 336 g/mol. The van der Waals surface area contributed by atoms with Gasteiger partial charge in [-0.3, -0.25) is 9.59 Å². The number of hydrogen-bond acceptors (Lipinski definition) is 4. The second-order valence-corrected chi connectivity index (χ2v) is 5.78. The van der Waals surface area contributed by atoms with E-state index in [2.05, 4.69) is 10.3 Å². The van der Waals surface area contributed by atoms with Crippen LogP contribution in [0.5, 0.6) is 11.5 Å². The van der Waals surface area contributed by atoms with Crippen molar-refractivity contribution in [3.8, 4) is 11.5 Å². The van der Waals surface area contributed by atoms with Gasteiger partial charge in [0.2, 0.25) is 6.79 Å². The highest BCUT2D eigenvalue weighted by Crippen LogP contribution is 2.32. The molecule has 2 aromatic carbocycles. The summed E-state index contributed by atoms with van der Waals surface area (Å²) in [5.74, 6) is 0.994. The van der Waals surface area contributed by atoms with E-state index in [4.69, 9.17) is 9.47 Å². The normalized spacial score (nSPS) is 12.3. The summed E-state index contributed by atoms with van der Waals surface area (Å²) >= 11 is 0. The van der Waals surface area contributed by atoms with Crippen molar-refractivity contribution in [2.75, 3.05) is 13.3 Å². The van der Waals surface area contributed by atoms with E-state index in [1.807, 2.05) is 30.3 Å². The number of carbonyl (C=O) groups excluding carboxylic acids is 1. The van der Waals surface area contributed by atoms with Crippen molar-refractivity contribution in [2.24, 2.45) is 0 Å². The Balaban J connectivity index is 1.43. The largest absolute Gasteiger partial charge is 0.454 e. The molecule has 1 aliphatic rings. The molecule has 0 saturated heterocycles. The molecule has 2 N–H and O–H groups in total. The van der Waals surface area contributed by atoms with Gasteiger partial charge in [0, 0.05) is 23.2 Å². The van der Waals surface area contributed by atoms with Crippen LogP contribution < -0.4 is 20.3 Å². The molecule has 1 aliphatic heterocycles. The fraction of sp³-hybridized carbons (Fsp3) is 0.158. The van der Waals surface area contributed by atoms with Gasteiger partial charge in [0.25, 0.3) is 11.5 Å². The predicted molar refractivity (Wildman–Crippen MR) is 93.2 cm³/mol. The molecule has 0 saturated carbocycles. The zero-order valence-electron chi connectivity index (χ0n) is 13.4. The molecule has 1 aromatic heterocycles. The van der Waals surface area contributed by atoms with E-state index < -0.39 is 0 Å². The van der Waals surface area contributed by atoms with Gasteiger partial charge in [0.1, 0.15) is 0 Å². The lowest BCUT2D eigenvalue weighted by Gasteiger charge is -2.07. The number of benzene rings is 2. The number of rotatable bonds is 4. The van der Waals surface area contributed by atoms with E-state index in [1.165, 1.54) is 0 Å². The second-order valence-electron chi connectivity index (χ2n) is 5.78. The summed E-state index contributed by atoms with van der Waals surface area (Å²) < 4.78 is 10.5. The molecule has 126 valence electrons. The molecule has 6 heteroatoms. The lowest BCUT2D eigenvalue weighted by Crippen LogP contribution is -2.27. The van der Waals surface area contributed by atoms with Crippen LogP contribution in [0, 0.1) is 0 Å². The number of aromatic nitrogens is 1. The molecule has 0 aliphatic carbocycles. The first kappa shape index (κ1) is 15.3. The van der Waals surface area contributed by atoms with Gasteiger partial charge in [0.05, 0.1) is 0 Å². The first-order valence-electron chi connectivity index (χ1n) is 7.99. The van der Waals surface area contributed by atoms with Gasteiger partial charge in [-0.1, -0.05) is 18.2 Å². The third kappa shape index (κ3) is 3.06. The number of carbonyl (C=O) groups is 1. The SMILES string of the molecule is O=C(NCCc1cc2ccccc2[nH]c1=O)c1ccc2c(c1)OCO2. The van der Waals surface area contributed by atoms with Crippen LogP contribution in [-0.4, -0.2) is 24.2 Å². The fourth-order valence-electron chi connectivity index (χ4n) is 2.83. The van der Waals surface area contributed by atoms with Crippen molar-refractivity contribution >= 4 is 16.8 Å². The standard InChI is InChI=1S/C19H16N2O4/c22-18(13-5-6-16-17(10-13)25-11-24-16)20-8-7-14-9-12-3-1-2-4-15(12)21-19(14)23/h1-6,9-10H,7-8,11H2,(H,20,22)(H,21,23). The van der Waals surface area contributed by atoms with Crippen LogP contribution in [0.25, 0.3) is 10.9 Å². The number of H-pyrrole nitrogens is 1. The Morgan fingerprint density at radius 3 is 2.84 bits per heavy atom. The van der Waals surface area contributed by atoms with Crippen LogP contribution >= 0.6 is 0 Å². The smallest absolute Gasteiger partial charge is 0.251 e. The van der Waals surface area contributed by atoms with Gasteiger partial charge < -0.3 is 19.8 Å². The van der Waals surface area contributed by atoms with Gasteiger partial charge in [-0.2, -0.15) is 0 Å². The van der Waals surface area contributed by atoms with Crippen molar-refractivity contribution in [3.05, 3.63) is 70.0 Å². The lowest BCUT2D eigenvalue weighted by atomic mass is 10.1. The predicted octanol–water partition coefficient (Wildman–Crippen LogP) is 2.23. The fourth-order valence-corrected chi connectivity index (χ4v) is 2.83. The number of fused-ring (bicyclic) bond motifs is 2. The van der Waals surface area contributed by atoms with Crippen molar-refractivity contribution < 1.29 is 14.3 Å². The highest BCUT2D eigenvalue weighted by atomic mass is 16.7. The topological polar surface area (TPSA) is 80.4 Å². The number of para-hydroxylation sites is 1. The maximum absolute atomic E-state index is 12.2. The van der Waals surface area contributed by atoms with Crippen LogP contribution in [0.4, 0.5) is 0 Å². The maximum Gasteiger partial charge on any atom is 0.251 e. The number of ether oxygens (including phenoxy) is 2. The van der Waals surface area contributed by atoms with Crippen molar-refractivity contribution in [1.82, 2.24) is 10.3 Å². The molecule has 0 radical (unpaired) electrons. The Hall–Kier alpha value is -3.28. The Labute approximate surface area is 143 Å². The van der Waals surface area contributed by atoms with Crippen LogP contribution in [0.1, 0.15) is 15.9 Å². The van der Waals surface area contributed by atoms with Crippen molar-refractivity contribution in [2.45, 2.75) is 6.42 Å². The molecular formula is C19H16N2O4. The van der Waals surface area contributed by atoms with E-state index in [0.29, 0.717) is 35.6 Å². The maximum atomic E-state index is 12.2. The molecule has 1 amide bonds. The van der Waals surface area contributed by atoms with Gasteiger partial charge in [-0.25, -0.2) is 0 Å². The Morgan fingerprint density at radius 2 is 1.92 bits per heavy atom. The number of aromatic amines is 1. The highest BCUT2D eigenvalue weighted by molar-refractivity contribution is 5.94. The summed E-state index contributed by atoms with van der Waals surface area (Å²) in [4.78, 5) is 27.2. The molecule has 0 spiro atoms. The molecule has 0 unspecified atom stereocenters. The van der Waals surface area contributed by atoms with E-state index >= 15 is 0 Å². The minimum Gasteiger partial charge on any atom is -0.454 e. The Bertz CT molecular complexity index is 1010. The quantitative estimate of drug-likeness (QED) is 0.766. The molecular weight excluding hydrogens is 320 g/mol. The van der Waals surface area contributed by atoms with Gasteiger partial charge in [0.15, 0.2) is 11.5 Å². The summed E-state index contributed by atoms with van der Waals surface area (Å²) in [7, 11) is 0. The molecule has 0 atom stereocenters. The molecule has 4 rings (SSSR count). The number of pyridine rings is 1. The first-order chi connectivity index (χ1) is 12.2. The zero-order valence-corrected chi connectivity index (χ0v) is 13.4. The molecule has 2 heterocycles. The van der Waals surface area contributed by atoms with E-state index in [0.717, 1.165) is 10.9 Å². The average Bonchev–Trinajstić information content (AvgIpc) is 3.09. The number of nitrogens with one attached hydrogen (secondary N) is 2. The molecule has 0 bridgehead atoms. The first-order valence-corrected chi connectivity index (χ1v) is 7.99. The second kappa shape index (κ2) is 6.32. The minimum absolute atomic E-state index is 0.129. The highest BCUT2D eigenvalue weighted by Gasteiger charge is 2.16. The lowest BCUT2D eigenvalue weighted by molar-refractivity contribution is 0.0953. The third-order valence-corrected chi connectivity index (χ3v) is 4.15. The van der Waals surface area contributed by atoms with Gasteiger partial charge in [-0.15, -0.1) is 0 Å². The number of hydrogen-bond donors (Lipinski definition) is 2. The van der Waals surface area contributed by atoms with E-state index in [1.54, 1.807) is 18.2 Å². The summed E-state index contributed by atoms with van der Waals surface area (Å²) in [5, 5.41) is 3.80. The van der Waals surface area contributed by atoms with Crippen molar-refractivity contribution in [3.63, 3.8) is 0 Å². The molecule has 25 heavy (non-hydrogen) atoms. The van der Waals surface area contributed by atoms with Crippen LogP contribution in [0.3, 0.4) is 0 Å². The molecule has 0 fully saturated rings. The molecule has 3 aromatic rings. The van der Waals surface area contributed by atoms with Crippen LogP contribution in [-0.2, 0) is 6.42 Å². The summed E-state index contributed by atoms with van der Waals surface area (Å²) in [6.07, 6.45) is 0.455. The average molecular weight is 336 g/mol. The van der Waals surface area contributed by atoms with E-state index in [9.17, 15) is 9.59 Å².